The Kier molecular flexibility index (Phi) is 6.21. The van der Waals surface area contributed by atoms with Crippen molar-refractivity contribution in [1.29, 1.82) is 0 Å². The summed E-state index contributed by atoms with van der Waals surface area (Å²) in [5.74, 6) is 0.660. The van der Waals surface area contributed by atoms with Crippen LogP contribution < -0.4 is 9.47 Å². The first-order chi connectivity index (χ1) is 11.6. The molecule has 0 radical (unpaired) electrons. The van der Waals surface area contributed by atoms with E-state index in [1.807, 2.05) is 25.1 Å². The Morgan fingerprint density at radius 3 is 2.16 bits per heavy atom. The van der Waals surface area contributed by atoms with Gasteiger partial charge in [0.2, 0.25) is 0 Å². The van der Waals surface area contributed by atoms with Gasteiger partial charge >= 0.3 is 6.36 Å². The van der Waals surface area contributed by atoms with Crippen molar-refractivity contribution in [2.24, 2.45) is 0 Å². The molecule has 0 aliphatic rings. The highest BCUT2D eigenvalue weighted by Crippen LogP contribution is 2.30. The molecular weight excluding hydrogens is 355 g/mol. The fraction of sp³-hybridized carbons (Fsp3) is 0.294. The van der Waals surface area contributed by atoms with Gasteiger partial charge in [-0.1, -0.05) is 0 Å². The Morgan fingerprint density at radius 2 is 1.64 bits per heavy atom. The predicted molar refractivity (Wildman–Crippen MR) is 91.2 cm³/mol. The van der Waals surface area contributed by atoms with Gasteiger partial charge in [-0.05, 0) is 44.4 Å². The van der Waals surface area contributed by atoms with Crippen LogP contribution in [0.5, 0.6) is 17.2 Å². The normalized spacial score (nSPS) is 13.0. The van der Waals surface area contributed by atoms with Crippen molar-refractivity contribution in [3.63, 3.8) is 0 Å². The number of hydrogen-bond acceptors (Lipinski definition) is 4. The number of halogens is 3. The van der Waals surface area contributed by atoms with Crippen LogP contribution in [0.2, 0.25) is 0 Å². The van der Waals surface area contributed by atoms with Gasteiger partial charge < -0.3 is 14.4 Å². The first kappa shape index (κ1) is 19.4. The van der Waals surface area contributed by atoms with Crippen molar-refractivity contribution in [2.45, 2.75) is 17.8 Å². The van der Waals surface area contributed by atoms with Gasteiger partial charge in [-0.25, -0.2) is 0 Å². The molecule has 8 heteroatoms. The summed E-state index contributed by atoms with van der Waals surface area (Å²) in [5, 5.41) is 0. The van der Waals surface area contributed by atoms with E-state index in [9.17, 15) is 17.7 Å². The first-order valence-electron chi connectivity index (χ1n) is 7.30. The van der Waals surface area contributed by atoms with E-state index in [4.69, 9.17) is 4.74 Å². The minimum atomic E-state index is -4.72. The Labute approximate surface area is 147 Å². The summed E-state index contributed by atoms with van der Waals surface area (Å²) in [6.07, 6.45) is -3.02. The van der Waals surface area contributed by atoms with Gasteiger partial charge in [-0.15, -0.1) is 13.2 Å². The molecule has 4 nitrogen and oxygen atoms in total. The van der Waals surface area contributed by atoms with Crippen LogP contribution in [-0.2, 0) is 17.7 Å². The average Bonchev–Trinajstić information content (AvgIpc) is 2.48. The van der Waals surface area contributed by atoms with E-state index in [0.717, 1.165) is 10.5 Å². The SMILES string of the molecule is CN(C)Cc1cc([S+](C)O)ccc1Oc1ccc(OC(F)(F)F)cc1. The topological polar surface area (TPSA) is 41.9 Å². The van der Waals surface area contributed by atoms with E-state index >= 15 is 0 Å². The van der Waals surface area contributed by atoms with Crippen molar-refractivity contribution in [1.82, 2.24) is 4.90 Å². The van der Waals surface area contributed by atoms with Gasteiger partial charge in [-0.3, -0.25) is 0 Å². The molecule has 0 saturated carbocycles. The van der Waals surface area contributed by atoms with Crippen molar-refractivity contribution in [2.75, 3.05) is 20.4 Å². The molecule has 1 atom stereocenters. The van der Waals surface area contributed by atoms with Crippen LogP contribution >= 0.6 is 0 Å². The lowest BCUT2D eigenvalue weighted by molar-refractivity contribution is -0.274. The molecule has 2 rings (SSSR count). The van der Waals surface area contributed by atoms with E-state index in [-0.39, 0.29) is 5.75 Å². The predicted octanol–water partition coefficient (Wildman–Crippen LogP) is 4.52. The Bertz CT molecular complexity index is 703. The summed E-state index contributed by atoms with van der Waals surface area (Å²) in [5.41, 5.74) is 0.867. The fourth-order valence-corrected chi connectivity index (χ4v) is 2.72. The van der Waals surface area contributed by atoms with Crippen LogP contribution in [0.1, 0.15) is 5.56 Å². The van der Waals surface area contributed by atoms with Crippen molar-refractivity contribution < 1.29 is 27.2 Å². The third kappa shape index (κ3) is 6.15. The second-order valence-electron chi connectivity index (χ2n) is 5.61. The van der Waals surface area contributed by atoms with Crippen LogP contribution in [0, 0.1) is 0 Å². The molecule has 1 unspecified atom stereocenters. The largest absolute Gasteiger partial charge is 0.573 e. The van der Waals surface area contributed by atoms with Gasteiger partial charge in [0, 0.05) is 24.2 Å². The molecule has 0 fully saturated rings. The van der Waals surface area contributed by atoms with Crippen molar-refractivity contribution in [3.8, 4) is 17.2 Å². The molecule has 2 aromatic carbocycles. The lowest BCUT2D eigenvalue weighted by Gasteiger charge is -2.15. The molecule has 0 heterocycles. The molecule has 25 heavy (non-hydrogen) atoms. The van der Waals surface area contributed by atoms with Crippen LogP contribution in [-0.4, -0.2) is 36.2 Å². The van der Waals surface area contributed by atoms with E-state index in [0.29, 0.717) is 18.0 Å². The zero-order chi connectivity index (χ0) is 18.6. The molecule has 0 amide bonds. The third-order valence-corrected chi connectivity index (χ3v) is 4.08. The minimum absolute atomic E-state index is 0.306. The maximum Gasteiger partial charge on any atom is 0.573 e. The summed E-state index contributed by atoms with van der Waals surface area (Å²) in [4.78, 5) is 2.75. The number of ether oxygens (including phenoxy) is 2. The van der Waals surface area contributed by atoms with Gasteiger partial charge in [0.15, 0.2) is 16.1 Å². The summed E-state index contributed by atoms with van der Waals surface area (Å²) in [7, 11) is 3.81. The molecule has 1 N–H and O–H groups in total. The Hall–Kier alpha value is -1.90. The van der Waals surface area contributed by atoms with E-state index in [1.165, 1.54) is 24.3 Å². The molecule has 0 saturated heterocycles. The average molecular weight is 374 g/mol. The molecular formula is C17H19F3NO3S+. The summed E-state index contributed by atoms with van der Waals surface area (Å²) >= 11 is -0.869. The summed E-state index contributed by atoms with van der Waals surface area (Å²) < 4.78 is 55.9. The molecule has 0 bridgehead atoms. The van der Waals surface area contributed by atoms with Crippen LogP contribution in [0.4, 0.5) is 13.2 Å². The lowest BCUT2D eigenvalue weighted by atomic mass is 10.2. The van der Waals surface area contributed by atoms with Gasteiger partial charge in [0.05, 0.1) is 0 Å². The highest BCUT2D eigenvalue weighted by molar-refractivity contribution is 7.90. The summed E-state index contributed by atoms with van der Waals surface area (Å²) in [6, 6.07) is 10.6. The third-order valence-electron chi connectivity index (χ3n) is 3.14. The van der Waals surface area contributed by atoms with Gasteiger partial charge in [-0.2, -0.15) is 4.55 Å². The first-order valence-corrected chi connectivity index (χ1v) is 8.89. The molecule has 0 aliphatic carbocycles. The zero-order valence-electron chi connectivity index (χ0n) is 14.0. The van der Waals surface area contributed by atoms with Gasteiger partial charge in [0.1, 0.15) is 23.5 Å². The number of hydrogen-bond donors (Lipinski definition) is 1. The molecule has 136 valence electrons. The highest BCUT2D eigenvalue weighted by Gasteiger charge is 2.31. The van der Waals surface area contributed by atoms with Crippen molar-refractivity contribution >= 4 is 11.2 Å². The lowest BCUT2D eigenvalue weighted by Crippen LogP contribution is -2.16. The van der Waals surface area contributed by atoms with E-state index in [2.05, 4.69) is 4.74 Å². The minimum Gasteiger partial charge on any atom is -0.457 e. The molecule has 0 aliphatic heterocycles. The number of alkyl halides is 3. The Morgan fingerprint density at radius 1 is 1.04 bits per heavy atom. The highest BCUT2D eigenvalue weighted by atomic mass is 32.2. The quantitative estimate of drug-likeness (QED) is 0.755. The smallest absolute Gasteiger partial charge is 0.457 e. The maximum atomic E-state index is 12.2. The van der Waals surface area contributed by atoms with Crippen LogP contribution in [0.25, 0.3) is 0 Å². The van der Waals surface area contributed by atoms with Gasteiger partial charge in [0.25, 0.3) is 0 Å². The fourth-order valence-electron chi connectivity index (χ4n) is 2.14. The molecule has 2 aromatic rings. The van der Waals surface area contributed by atoms with Crippen LogP contribution in [0.15, 0.2) is 47.4 Å². The Balaban J connectivity index is 2.21. The number of benzene rings is 2. The second-order valence-corrected chi connectivity index (χ2v) is 7.03. The van der Waals surface area contributed by atoms with Crippen molar-refractivity contribution in [3.05, 3.63) is 48.0 Å². The number of rotatable bonds is 6. The standard InChI is InChI=1S/C17H19F3NO3S/c1-21(2)11-12-10-15(25(3)22)8-9-16(12)23-13-4-6-14(7-5-13)24-17(18,19)20/h4-10,22H,11H2,1-3H3/q+1. The van der Waals surface area contributed by atoms with E-state index < -0.39 is 17.5 Å². The second kappa shape index (κ2) is 7.99. The maximum absolute atomic E-state index is 12.2. The van der Waals surface area contributed by atoms with Crippen LogP contribution in [0.3, 0.4) is 0 Å². The zero-order valence-corrected chi connectivity index (χ0v) is 14.8. The number of nitrogens with zero attached hydrogens (tertiary/aromatic N) is 1. The summed E-state index contributed by atoms with van der Waals surface area (Å²) in [6.45, 7) is 0.593. The van der Waals surface area contributed by atoms with E-state index in [1.54, 1.807) is 18.4 Å². The monoisotopic (exact) mass is 374 g/mol. The molecule has 0 spiro atoms. The molecule has 0 aromatic heterocycles.